The first kappa shape index (κ1) is 21.8. The smallest absolute Gasteiger partial charge is 0.247 e. The van der Waals surface area contributed by atoms with Crippen LogP contribution >= 0.6 is 23.2 Å². The number of aromatic nitrogens is 1. The molecule has 1 atom stereocenters. The van der Waals surface area contributed by atoms with Crippen LogP contribution in [0.25, 0.3) is 0 Å². The number of carbonyl (C=O) groups is 2. The highest BCUT2D eigenvalue weighted by molar-refractivity contribution is 6.35. The van der Waals surface area contributed by atoms with Gasteiger partial charge in [0.25, 0.3) is 0 Å². The van der Waals surface area contributed by atoms with Crippen molar-refractivity contribution in [3.63, 3.8) is 0 Å². The second kappa shape index (κ2) is 10.8. The highest BCUT2D eigenvalue weighted by Gasteiger charge is 2.33. The molecule has 3 rings (SSSR count). The van der Waals surface area contributed by atoms with Crippen LogP contribution in [0.15, 0.2) is 79.1 Å². The van der Waals surface area contributed by atoms with Gasteiger partial charge in [-0.1, -0.05) is 60.1 Å². The lowest BCUT2D eigenvalue weighted by Crippen LogP contribution is -2.45. The summed E-state index contributed by atoms with van der Waals surface area (Å²) in [4.78, 5) is 31.5. The van der Waals surface area contributed by atoms with Crippen LogP contribution in [0.4, 0.5) is 5.69 Å². The van der Waals surface area contributed by atoms with E-state index in [1.54, 1.807) is 48.8 Å². The molecule has 1 N–H and O–H groups in total. The number of benzene rings is 2. The van der Waals surface area contributed by atoms with Crippen LogP contribution in [0.3, 0.4) is 0 Å². The third kappa shape index (κ3) is 5.38. The first-order chi connectivity index (χ1) is 14.6. The Morgan fingerprint density at radius 1 is 1.00 bits per heavy atom. The molecule has 30 heavy (non-hydrogen) atoms. The molecule has 0 spiro atoms. The number of nitrogens with zero attached hydrogens (tertiary/aromatic N) is 2. The predicted octanol–water partition coefficient (Wildman–Crippen LogP) is 4.41. The third-order valence-electron chi connectivity index (χ3n) is 4.56. The number of anilines is 1. The fourth-order valence-electron chi connectivity index (χ4n) is 3.16. The summed E-state index contributed by atoms with van der Waals surface area (Å²) in [6.07, 6.45) is 3.84. The molecular formula is C23H21Cl2N3O2. The average molecular weight is 442 g/mol. The molecule has 3 aromatic rings. The van der Waals surface area contributed by atoms with Crippen molar-refractivity contribution in [3.05, 3.63) is 95.3 Å². The number of rotatable bonds is 8. The summed E-state index contributed by atoms with van der Waals surface area (Å²) in [6, 6.07) is 19.2. The van der Waals surface area contributed by atoms with E-state index in [2.05, 4.69) is 10.3 Å². The summed E-state index contributed by atoms with van der Waals surface area (Å²) < 4.78 is 0. The number of halogens is 2. The number of hydrogen-bond donors (Lipinski definition) is 1. The molecule has 1 aromatic heterocycles. The number of nitrogens with one attached hydrogen (secondary N) is 1. The van der Waals surface area contributed by atoms with E-state index in [0.29, 0.717) is 29.2 Å². The monoisotopic (exact) mass is 441 g/mol. The molecule has 2 aromatic carbocycles. The SMILES string of the molecule is O=C(NCCc1ccccc1)C(c1cccnc1)N(C(=O)CCl)c1ccccc1Cl. The highest BCUT2D eigenvalue weighted by Crippen LogP contribution is 2.33. The fraction of sp³-hybridized carbons (Fsp3) is 0.174. The van der Waals surface area contributed by atoms with Crippen LogP contribution in [-0.4, -0.2) is 29.2 Å². The third-order valence-corrected chi connectivity index (χ3v) is 5.11. The number of amides is 2. The molecule has 0 saturated carbocycles. The second-order valence-electron chi connectivity index (χ2n) is 6.56. The Morgan fingerprint density at radius 3 is 2.40 bits per heavy atom. The van der Waals surface area contributed by atoms with E-state index in [9.17, 15) is 9.59 Å². The van der Waals surface area contributed by atoms with Crippen molar-refractivity contribution in [2.45, 2.75) is 12.5 Å². The molecule has 7 heteroatoms. The van der Waals surface area contributed by atoms with Crippen LogP contribution in [0.1, 0.15) is 17.2 Å². The van der Waals surface area contributed by atoms with Crippen molar-refractivity contribution >= 4 is 40.7 Å². The molecule has 0 bridgehead atoms. The van der Waals surface area contributed by atoms with Gasteiger partial charge in [-0.05, 0) is 30.2 Å². The Balaban J connectivity index is 1.91. The summed E-state index contributed by atoms with van der Waals surface area (Å²) in [7, 11) is 0. The van der Waals surface area contributed by atoms with Gasteiger partial charge in [0.05, 0.1) is 10.7 Å². The van der Waals surface area contributed by atoms with Gasteiger partial charge >= 0.3 is 0 Å². The van der Waals surface area contributed by atoms with E-state index in [1.807, 2.05) is 30.3 Å². The maximum atomic E-state index is 13.3. The molecule has 0 fully saturated rings. The molecule has 0 saturated heterocycles. The van der Waals surface area contributed by atoms with E-state index in [4.69, 9.17) is 23.2 Å². The van der Waals surface area contributed by atoms with Gasteiger partial charge < -0.3 is 5.32 Å². The number of para-hydroxylation sites is 1. The Hall–Kier alpha value is -2.89. The molecule has 1 heterocycles. The molecule has 0 aliphatic heterocycles. The molecular weight excluding hydrogens is 421 g/mol. The van der Waals surface area contributed by atoms with Crippen LogP contribution < -0.4 is 10.2 Å². The zero-order valence-electron chi connectivity index (χ0n) is 16.2. The summed E-state index contributed by atoms with van der Waals surface area (Å²) in [5.41, 5.74) is 2.08. The first-order valence-corrected chi connectivity index (χ1v) is 10.4. The van der Waals surface area contributed by atoms with Gasteiger partial charge in [0.1, 0.15) is 11.9 Å². The van der Waals surface area contributed by atoms with Crippen LogP contribution in [0.5, 0.6) is 0 Å². The van der Waals surface area contributed by atoms with Crippen LogP contribution in [-0.2, 0) is 16.0 Å². The molecule has 0 aliphatic rings. The standard InChI is InChI=1S/C23H21Cl2N3O2/c24-15-21(29)28(20-11-5-4-10-19(20)25)22(18-9-6-13-26-16-18)23(30)27-14-12-17-7-2-1-3-8-17/h1-11,13,16,22H,12,14-15H2,(H,27,30). The number of carbonyl (C=O) groups excluding carboxylic acids is 2. The van der Waals surface area contributed by atoms with Crippen LogP contribution in [0, 0.1) is 0 Å². The largest absolute Gasteiger partial charge is 0.354 e. The van der Waals surface area contributed by atoms with Crippen molar-refractivity contribution in [3.8, 4) is 0 Å². The van der Waals surface area contributed by atoms with Gasteiger partial charge in [0.2, 0.25) is 11.8 Å². The number of alkyl halides is 1. The lowest BCUT2D eigenvalue weighted by Gasteiger charge is -2.31. The van der Waals surface area contributed by atoms with Gasteiger partial charge in [-0.2, -0.15) is 0 Å². The van der Waals surface area contributed by atoms with Gasteiger partial charge in [-0.15, -0.1) is 11.6 Å². The highest BCUT2D eigenvalue weighted by atomic mass is 35.5. The van der Waals surface area contributed by atoms with E-state index in [0.717, 1.165) is 5.56 Å². The van der Waals surface area contributed by atoms with E-state index < -0.39 is 11.9 Å². The summed E-state index contributed by atoms with van der Waals surface area (Å²) >= 11 is 12.2. The zero-order chi connectivity index (χ0) is 21.3. The molecule has 2 amide bonds. The zero-order valence-corrected chi connectivity index (χ0v) is 17.7. The van der Waals surface area contributed by atoms with Crippen molar-refractivity contribution in [1.29, 1.82) is 0 Å². The molecule has 5 nitrogen and oxygen atoms in total. The van der Waals surface area contributed by atoms with Crippen molar-refractivity contribution in [1.82, 2.24) is 10.3 Å². The topological polar surface area (TPSA) is 62.3 Å². The van der Waals surface area contributed by atoms with Crippen molar-refractivity contribution < 1.29 is 9.59 Å². The average Bonchev–Trinajstić information content (AvgIpc) is 2.79. The minimum Gasteiger partial charge on any atom is -0.354 e. The van der Waals surface area contributed by atoms with Gasteiger partial charge in [-0.3, -0.25) is 19.5 Å². The Kier molecular flexibility index (Phi) is 7.82. The Morgan fingerprint density at radius 2 is 1.73 bits per heavy atom. The Labute approximate surface area is 185 Å². The van der Waals surface area contributed by atoms with E-state index in [-0.39, 0.29) is 11.8 Å². The van der Waals surface area contributed by atoms with Crippen LogP contribution in [0.2, 0.25) is 5.02 Å². The molecule has 0 radical (unpaired) electrons. The minimum absolute atomic E-state index is 0.292. The second-order valence-corrected chi connectivity index (χ2v) is 7.24. The van der Waals surface area contributed by atoms with E-state index >= 15 is 0 Å². The number of hydrogen-bond acceptors (Lipinski definition) is 3. The fourth-order valence-corrected chi connectivity index (χ4v) is 3.51. The molecule has 0 aliphatic carbocycles. The number of pyridine rings is 1. The minimum atomic E-state index is -0.958. The van der Waals surface area contributed by atoms with Crippen molar-refractivity contribution in [2.75, 3.05) is 17.3 Å². The first-order valence-electron chi connectivity index (χ1n) is 9.46. The molecule has 154 valence electrons. The predicted molar refractivity (Wildman–Crippen MR) is 120 cm³/mol. The summed E-state index contributed by atoms with van der Waals surface area (Å²) in [5.74, 6) is -1.06. The normalized spacial score (nSPS) is 11.5. The lowest BCUT2D eigenvalue weighted by atomic mass is 10.0. The molecule has 1 unspecified atom stereocenters. The Bertz CT molecular complexity index is 984. The van der Waals surface area contributed by atoms with E-state index in [1.165, 1.54) is 4.90 Å². The van der Waals surface area contributed by atoms with Gasteiger partial charge in [0, 0.05) is 24.5 Å². The van der Waals surface area contributed by atoms with Gasteiger partial charge in [0.15, 0.2) is 0 Å². The lowest BCUT2D eigenvalue weighted by molar-refractivity contribution is -0.125. The summed E-state index contributed by atoms with van der Waals surface area (Å²) in [5, 5.41) is 3.28. The maximum Gasteiger partial charge on any atom is 0.247 e. The van der Waals surface area contributed by atoms with Gasteiger partial charge in [-0.25, -0.2) is 0 Å². The summed E-state index contributed by atoms with van der Waals surface area (Å²) in [6.45, 7) is 0.422. The maximum absolute atomic E-state index is 13.3. The quantitative estimate of drug-likeness (QED) is 0.526. The van der Waals surface area contributed by atoms with Crippen molar-refractivity contribution in [2.24, 2.45) is 0 Å².